The molecule has 7 nitrogen and oxygen atoms in total. The van der Waals surface area contributed by atoms with Crippen molar-refractivity contribution >= 4 is 11.7 Å². The Hall–Kier alpha value is -3.48. The van der Waals surface area contributed by atoms with Crippen molar-refractivity contribution in [1.29, 1.82) is 0 Å². The van der Waals surface area contributed by atoms with Gasteiger partial charge in [0, 0.05) is 48.2 Å². The van der Waals surface area contributed by atoms with Crippen LogP contribution in [0.2, 0.25) is 0 Å². The summed E-state index contributed by atoms with van der Waals surface area (Å²) in [6.45, 7) is 5.58. The highest BCUT2D eigenvalue weighted by molar-refractivity contribution is 5.95. The Morgan fingerprint density at radius 1 is 1.19 bits per heavy atom. The number of benzene rings is 1. The minimum atomic E-state index is -0.152. The third-order valence-corrected chi connectivity index (χ3v) is 5.72. The molecule has 0 saturated carbocycles. The largest absolute Gasteiger partial charge is 0.356 e. The summed E-state index contributed by atoms with van der Waals surface area (Å²) >= 11 is 0. The number of rotatable bonds is 5. The van der Waals surface area contributed by atoms with E-state index < -0.39 is 0 Å². The second-order valence-corrected chi connectivity index (χ2v) is 7.89. The number of carbonyl (C=O) groups excluding carboxylic acids is 1. The summed E-state index contributed by atoms with van der Waals surface area (Å²) in [7, 11) is 0. The van der Waals surface area contributed by atoms with Crippen molar-refractivity contribution in [2.24, 2.45) is 0 Å². The molecule has 1 aliphatic heterocycles. The van der Waals surface area contributed by atoms with Gasteiger partial charge < -0.3 is 15.2 Å². The van der Waals surface area contributed by atoms with Gasteiger partial charge in [0.05, 0.1) is 0 Å². The van der Waals surface area contributed by atoms with Crippen molar-refractivity contribution in [2.75, 3.05) is 18.0 Å². The number of hydrogen-bond donors (Lipinski definition) is 2. The quantitative estimate of drug-likeness (QED) is 0.666. The summed E-state index contributed by atoms with van der Waals surface area (Å²) in [5, 5.41) is 3.17. The number of aromatic nitrogens is 3. The molecule has 7 heteroatoms. The second-order valence-electron chi connectivity index (χ2n) is 7.89. The fourth-order valence-corrected chi connectivity index (χ4v) is 3.88. The van der Waals surface area contributed by atoms with E-state index in [0.29, 0.717) is 12.2 Å². The summed E-state index contributed by atoms with van der Waals surface area (Å²) in [6.07, 6.45) is 4.19. The first-order chi connectivity index (χ1) is 15.0. The van der Waals surface area contributed by atoms with Gasteiger partial charge in [-0.05, 0) is 49.9 Å². The Morgan fingerprint density at radius 2 is 1.97 bits per heavy atom. The number of nitrogens with zero attached hydrogens (tertiary/aromatic N) is 3. The number of nitrogens with one attached hydrogen (secondary N) is 2. The number of aryl methyl sites for hydroxylation is 2. The summed E-state index contributed by atoms with van der Waals surface area (Å²) in [5.74, 6) is 1.43. The van der Waals surface area contributed by atoms with Gasteiger partial charge in [0.2, 0.25) is 0 Å². The number of hydrogen-bond acceptors (Lipinski definition) is 5. The molecular formula is C24H27N5O2. The molecule has 3 aromatic rings. The highest BCUT2D eigenvalue weighted by Gasteiger charge is 2.22. The van der Waals surface area contributed by atoms with Gasteiger partial charge in [-0.15, -0.1) is 0 Å². The van der Waals surface area contributed by atoms with Crippen LogP contribution >= 0.6 is 0 Å². The average Bonchev–Trinajstić information content (AvgIpc) is 2.79. The van der Waals surface area contributed by atoms with Crippen molar-refractivity contribution in [1.82, 2.24) is 20.3 Å². The van der Waals surface area contributed by atoms with Crippen LogP contribution in [0.25, 0.3) is 11.4 Å². The van der Waals surface area contributed by atoms with Crippen molar-refractivity contribution in [2.45, 2.75) is 39.2 Å². The molecule has 0 aliphatic carbocycles. The fourth-order valence-electron chi connectivity index (χ4n) is 3.88. The molecule has 1 aliphatic rings. The molecule has 4 rings (SSSR count). The number of H-pyrrole nitrogens is 1. The van der Waals surface area contributed by atoms with Gasteiger partial charge in [-0.1, -0.05) is 25.1 Å². The normalized spacial score (nSPS) is 14.5. The molecule has 31 heavy (non-hydrogen) atoms. The molecule has 0 radical (unpaired) electrons. The predicted octanol–water partition coefficient (Wildman–Crippen LogP) is 3.10. The lowest BCUT2D eigenvalue weighted by Gasteiger charge is -2.33. The highest BCUT2D eigenvalue weighted by Crippen LogP contribution is 2.21. The van der Waals surface area contributed by atoms with Crippen LogP contribution in [-0.4, -0.2) is 40.0 Å². The smallest absolute Gasteiger partial charge is 0.251 e. The lowest BCUT2D eigenvalue weighted by atomic mass is 10.0. The average molecular weight is 418 g/mol. The Morgan fingerprint density at radius 3 is 2.65 bits per heavy atom. The third kappa shape index (κ3) is 4.82. The Balaban J connectivity index is 1.37. The first-order valence-electron chi connectivity index (χ1n) is 10.7. The molecule has 0 unspecified atom stereocenters. The summed E-state index contributed by atoms with van der Waals surface area (Å²) in [6, 6.07) is 13.2. The number of anilines is 1. The van der Waals surface area contributed by atoms with Gasteiger partial charge >= 0.3 is 0 Å². The SMILES string of the molecule is CCc1cc(=O)[nH]c(-c2ccc(N3CCC(NC(=O)c4ccccc4C)CC3)nc2)n1. The molecule has 1 saturated heterocycles. The van der Waals surface area contributed by atoms with E-state index in [4.69, 9.17) is 0 Å². The molecule has 1 aromatic carbocycles. The van der Waals surface area contributed by atoms with Crippen LogP contribution in [0.3, 0.4) is 0 Å². The van der Waals surface area contributed by atoms with Crippen molar-refractivity contribution in [3.63, 3.8) is 0 Å². The van der Waals surface area contributed by atoms with Crippen LogP contribution in [-0.2, 0) is 6.42 Å². The molecule has 2 N–H and O–H groups in total. The minimum absolute atomic E-state index is 0.00479. The van der Waals surface area contributed by atoms with Gasteiger partial charge in [0.15, 0.2) is 0 Å². The van der Waals surface area contributed by atoms with Gasteiger partial charge in [0.25, 0.3) is 11.5 Å². The van der Waals surface area contributed by atoms with E-state index in [-0.39, 0.29) is 17.5 Å². The van der Waals surface area contributed by atoms with Crippen molar-refractivity contribution in [3.8, 4) is 11.4 Å². The van der Waals surface area contributed by atoms with Crippen LogP contribution < -0.4 is 15.8 Å². The molecule has 1 fully saturated rings. The Labute approximate surface area is 181 Å². The van der Waals surface area contributed by atoms with E-state index in [1.165, 1.54) is 6.07 Å². The molecule has 0 spiro atoms. The monoisotopic (exact) mass is 417 g/mol. The number of pyridine rings is 1. The van der Waals surface area contributed by atoms with E-state index in [0.717, 1.165) is 54.1 Å². The van der Waals surface area contributed by atoms with Gasteiger partial charge in [-0.25, -0.2) is 9.97 Å². The maximum Gasteiger partial charge on any atom is 0.251 e. The zero-order valence-corrected chi connectivity index (χ0v) is 17.9. The van der Waals surface area contributed by atoms with E-state index >= 15 is 0 Å². The van der Waals surface area contributed by atoms with E-state index in [2.05, 4.69) is 25.2 Å². The molecule has 0 bridgehead atoms. The van der Waals surface area contributed by atoms with E-state index in [1.807, 2.05) is 50.2 Å². The zero-order valence-electron chi connectivity index (χ0n) is 17.9. The van der Waals surface area contributed by atoms with Gasteiger partial charge in [0.1, 0.15) is 11.6 Å². The standard InChI is InChI=1S/C24H27N5O2/c1-3-18-14-22(30)28-23(26-18)17-8-9-21(25-15-17)29-12-10-19(11-13-29)27-24(31)20-7-5-4-6-16(20)2/h4-9,14-15,19H,3,10-13H2,1-2H3,(H,27,31)(H,26,28,30). The van der Waals surface area contributed by atoms with Crippen LogP contribution in [0.15, 0.2) is 53.5 Å². The second kappa shape index (κ2) is 9.12. The van der Waals surface area contributed by atoms with E-state index in [1.54, 1.807) is 6.20 Å². The Kier molecular flexibility index (Phi) is 6.11. The fraction of sp³-hybridized carbons (Fsp3) is 0.333. The maximum atomic E-state index is 12.6. The first-order valence-corrected chi connectivity index (χ1v) is 10.7. The molecule has 160 valence electrons. The van der Waals surface area contributed by atoms with Crippen LogP contribution in [0.5, 0.6) is 0 Å². The number of carbonyl (C=O) groups is 1. The minimum Gasteiger partial charge on any atom is -0.356 e. The summed E-state index contributed by atoms with van der Waals surface area (Å²) < 4.78 is 0. The third-order valence-electron chi connectivity index (χ3n) is 5.72. The van der Waals surface area contributed by atoms with Crippen molar-refractivity contribution in [3.05, 3.63) is 75.8 Å². The van der Waals surface area contributed by atoms with Crippen molar-refractivity contribution < 1.29 is 4.79 Å². The zero-order chi connectivity index (χ0) is 21.8. The van der Waals surface area contributed by atoms with Gasteiger partial charge in [-0.3, -0.25) is 9.59 Å². The highest BCUT2D eigenvalue weighted by atomic mass is 16.1. The lowest BCUT2D eigenvalue weighted by Crippen LogP contribution is -2.45. The lowest BCUT2D eigenvalue weighted by molar-refractivity contribution is 0.0930. The molecule has 2 aromatic heterocycles. The summed E-state index contributed by atoms with van der Waals surface area (Å²) in [4.78, 5) is 38.4. The Bertz CT molecular complexity index is 1120. The molecule has 0 atom stereocenters. The van der Waals surface area contributed by atoms with Gasteiger partial charge in [-0.2, -0.15) is 0 Å². The van der Waals surface area contributed by atoms with Crippen LogP contribution in [0.4, 0.5) is 5.82 Å². The number of piperidine rings is 1. The molecule has 1 amide bonds. The predicted molar refractivity (Wildman–Crippen MR) is 121 cm³/mol. The van der Waals surface area contributed by atoms with Crippen LogP contribution in [0, 0.1) is 6.92 Å². The number of amides is 1. The maximum absolute atomic E-state index is 12.6. The van der Waals surface area contributed by atoms with E-state index in [9.17, 15) is 9.59 Å². The molecular weight excluding hydrogens is 390 g/mol. The summed E-state index contributed by atoms with van der Waals surface area (Å²) in [5.41, 5.74) is 3.12. The topological polar surface area (TPSA) is 91.0 Å². The first kappa shape index (κ1) is 20.8. The number of aromatic amines is 1. The molecule has 3 heterocycles. The van der Waals surface area contributed by atoms with Crippen LogP contribution in [0.1, 0.15) is 41.4 Å².